The van der Waals surface area contributed by atoms with E-state index >= 15 is 0 Å². The number of hydrogen-bond acceptors (Lipinski definition) is 14. The van der Waals surface area contributed by atoms with E-state index in [1.807, 2.05) is 0 Å². The molecular weight excluding hydrogens is 512 g/mol. The highest BCUT2D eigenvalue weighted by Gasteiger charge is 2.32. The first kappa shape index (κ1) is 36.4. The fraction of sp³-hybridized carbons (Fsp3) is 0.600. The molecule has 1 aliphatic rings. The number of hydrogen-bond donors (Lipinski definition) is 1. The third kappa shape index (κ3) is 23.0. The van der Waals surface area contributed by atoms with E-state index in [9.17, 15) is 28.8 Å². The number of thiol groups is 1. The Hall–Kier alpha value is -2.19. The van der Waals surface area contributed by atoms with E-state index in [-0.39, 0.29) is 35.2 Å². The molecule has 0 amide bonds. The van der Waals surface area contributed by atoms with Crippen molar-refractivity contribution in [3.05, 3.63) is 12.7 Å². The van der Waals surface area contributed by atoms with Crippen LogP contribution in [0.5, 0.6) is 0 Å². The smallest absolute Gasteiger partial charge is 0.329 e. The normalized spacial score (nSPS) is 13.1. The molecule has 0 aliphatic carbocycles. The Morgan fingerprint density at radius 1 is 0.971 bits per heavy atom. The summed E-state index contributed by atoms with van der Waals surface area (Å²) in [5.74, 6) is -0.0238. The summed E-state index contributed by atoms with van der Waals surface area (Å²) in [6.07, 6.45) is 1.44. The van der Waals surface area contributed by atoms with E-state index in [0.717, 1.165) is 6.08 Å². The maximum Gasteiger partial charge on any atom is 0.329 e. The van der Waals surface area contributed by atoms with Crippen LogP contribution in [0.2, 0.25) is 0 Å². The standard InChI is InChI=1S/C7H12O4S.C6H8O3S.C4H6O2.C3H6O2S/c1-10-6(8)3-4-12-5-7(9)11-2;1-9-6(8)4-2-10-3-5(4)7;1-3-4(5)6-2;1-5-3(4)2-6/h3-5H2,1-2H3;4H,2-3H2,1H3;3H,1H2,2H3;6H,2H2,1H3. The third-order valence-electron chi connectivity index (χ3n) is 3.25. The van der Waals surface area contributed by atoms with Gasteiger partial charge in [-0.3, -0.25) is 24.0 Å². The number of esters is 5. The predicted octanol–water partition coefficient (Wildman–Crippen LogP) is 0.982. The fourth-order valence-corrected chi connectivity index (χ4v) is 3.38. The van der Waals surface area contributed by atoms with E-state index in [4.69, 9.17) is 0 Å². The lowest BCUT2D eigenvalue weighted by Crippen LogP contribution is -2.23. The second kappa shape index (κ2) is 25.4. The van der Waals surface area contributed by atoms with Gasteiger partial charge < -0.3 is 23.7 Å². The van der Waals surface area contributed by atoms with Gasteiger partial charge in [0.05, 0.1) is 59.2 Å². The van der Waals surface area contributed by atoms with Gasteiger partial charge in [-0.1, -0.05) is 6.58 Å². The van der Waals surface area contributed by atoms with Crippen molar-refractivity contribution in [2.24, 2.45) is 5.92 Å². The Bertz CT molecular complexity index is 630. The van der Waals surface area contributed by atoms with Crippen molar-refractivity contribution in [3.8, 4) is 0 Å². The molecule has 1 saturated heterocycles. The predicted molar refractivity (Wildman–Crippen MR) is 132 cm³/mol. The highest BCUT2D eigenvalue weighted by molar-refractivity contribution is 8.00. The minimum absolute atomic E-state index is 0.00292. The molecule has 0 N–H and O–H groups in total. The Morgan fingerprint density at radius 3 is 1.82 bits per heavy atom. The zero-order chi connectivity index (χ0) is 26.9. The van der Waals surface area contributed by atoms with Crippen LogP contribution in [0.25, 0.3) is 0 Å². The number of carbonyl (C=O) groups excluding carboxylic acids is 6. The van der Waals surface area contributed by atoms with Crippen molar-refractivity contribution in [2.45, 2.75) is 6.42 Å². The molecule has 0 spiro atoms. The molecule has 0 saturated carbocycles. The first-order valence-electron chi connectivity index (χ1n) is 9.35. The summed E-state index contributed by atoms with van der Waals surface area (Å²) in [7, 11) is 6.62. The summed E-state index contributed by atoms with van der Waals surface area (Å²) in [6.45, 7) is 3.16. The number of ether oxygens (including phenoxy) is 5. The van der Waals surface area contributed by atoms with Gasteiger partial charge in [0.2, 0.25) is 0 Å². The minimum atomic E-state index is -0.491. The van der Waals surface area contributed by atoms with Gasteiger partial charge in [-0.05, 0) is 0 Å². The van der Waals surface area contributed by atoms with Gasteiger partial charge >= 0.3 is 29.8 Å². The Labute approximate surface area is 213 Å². The zero-order valence-electron chi connectivity index (χ0n) is 19.9. The molecule has 1 heterocycles. The molecule has 0 aromatic carbocycles. The SMILES string of the molecule is C=CC(=O)OC.COC(=O)C1CSCC1=O.COC(=O)CCSCC(=O)OC.COC(=O)CS. The molecule has 11 nitrogen and oxygen atoms in total. The van der Waals surface area contributed by atoms with Crippen molar-refractivity contribution in [1.82, 2.24) is 0 Å². The van der Waals surface area contributed by atoms with Gasteiger partial charge in [0, 0.05) is 17.6 Å². The number of Topliss-reactive ketones (excluding diaryl/α,β-unsaturated/α-hetero) is 1. The largest absolute Gasteiger partial charge is 0.469 e. The average molecular weight is 545 g/mol. The van der Waals surface area contributed by atoms with Crippen LogP contribution in [0, 0.1) is 5.92 Å². The Balaban J connectivity index is -0.000000395. The van der Waals surface area contributed by atoms with Gasteiger partial charge in [0.1, 0.15) is 5.92 Å². The monoisotopic (exact) mass is 544 g/mol. The molecule has 0 radical (unpaired) electrons. The van der Waals surface area contributed by atoms with E-state index in [1.54, 1.807) is 0 Å². The fourth-order valence-electron chi connectivity index (χ4n) is 1.43. The van der Waals surface area contributed by atoms with Crippen molar-refractivity contribution in [2.75, 3.05) is 64.3 Å². The molecular formula is C20H32O11S3. The molecule has 1 unspecified atom stereocenters. The molecule has 0 bridgehead atoms. The van der Waals surface area contributed by atoms with Gasteiger partial charge in [-0.15, -0.1) is 11.8 Å². The summed E-state index contributed by atoms with van der Waals surface area (Å²) in [4.78, 5) is 62.5. The van der Waals surface area contributed by atoms with Crippen molar-refractivity contribution >= 4 is 71.8 Å². The van der Waals surface area contributed by atoms with Crippen molar-refractivity contribution < 1.29 is 52.5 Å². The second-order valence-corrected chi connectivity index (χ2v) is 7.93. The van der Waals surface area contributed by atoms with Crippen LogP contribution >= 0.6 is 36.2 Å². The van der Waals surface area contributed by atoms with Crippen LogP contribution in [0.1, 0.15) is 6.42 Å². The molecule has 0 aromatic heterocycles. The number of ketones is 1. The summed E-state index contributed by atoms with van der Waals surface area (Å²) in [5.41, 5.74) is 0. The topological polar surface area (TPSA) is 149 Å². The molecule has 34 heavy (non-hydrogen) atoms. The first-order chi connectivity index (χ1) is 16.1. The van der Waals surface area contributed by atoms with Crippen LogP contribution in [0.3, 0.4) is 0 Å². The third-order valence-corrected chi connectivity index (χ3v) is 5.50. The van der Waals surface area contributed by atoms with Crippen LogP contribution in [0.4, 0.5) is 0 Å². The van der Waals surface area contributed by atoms with Gasteiger partial charge in [0.15, 0.2) is 5.78 Å². The molecule has 1 rings (SSSR count). The zero-order valence-corrected chi connectivity index (χ0v) is 22.4. The highest BCUT2D eigenvalue weighted by Crippen LogP contribution is 2.20. The molecule has 1 aliphatic heterocycles. The van der Waals surface area contributed by atoms with Crippen LogP contribution < -0.4 is 0 Å². The molecule has 14 heteroatoms. The van der Waals surface area contributed by atoms with Gasteiger partial charge in [-0.2, -0.15) is 24.4 Å². The minimum Gasteiger partial charge on any atom is -0.469 e. The average Bonchev–Trinajstić information content (AvgIpc) is 3.31. The molecule has 0 aromatic rings. The number of methoxy groups -OCH3 is 5. The molecule has 1 atom stereocenters. The van der Waals surface area contributed by atoms with E-state index in [2.05, 4.69) is 42.9 Å². The lowest BCUT2D eigenvalue weighted by atomic mass is 10.1. The van der Waals surface area contributed by atoms with E-state index in [1.165, 1.54) is 59.1 Å². The maximum atomic E-state index is 10.9. The maximum absolute atomic E-state index is 10.9. The Kier molecular flexibility index (Phi) is 27.2. The summed E-state index contributed by atoms with van der Waals surface area (Å²) in [5, 5.41) is 0. The first-order valence-corrected chi connectivity index (χ1v) is 12.3. The Morgan fingerprint density at radius 2 is 1.53 bits per heavy atom. The number of rotatable bonds is 8. The van der Waals surface area contributed by atoms with E-state index < -0.39 is 17.9 Å². The van der Waals surface area contributed by atoms with Crippen LogP contribution in [-0.4, -0.2) is 99.9 Å². The van der Waals surface area contributed by atoms with Crippen LogP contribution in [0.15, 0.2) is 12.7 Å². The lowest BCUT2D eigenvalue weighted by molar-refractivity contribution is -0.147. The number of carbonyl (C=O) groups is 6. The van der Waals surface area contributed by atoms with Crippen molar-refractivity contribution in [1.29, 1.82) is 0 Å². The van der Waals surface area contributed by atoms with Gasteiger partial charge in [0.25, 0.3) is 0 Å². The lowest BCUT2D eigenvalue weighted by Gasteiger charge is -2.01. The van der Waals surface area contributed by atoms with Gasteiger partial charge in [-0.25, -0.2) is 4.79 Å². The molecule has 196 valence electrons. The summed E-state index contributed by atoms with van der Waals surface area (Å²) >= 11 is 6.46. The summed E-state index contributed by atoms with van der Waals surface area (Å²) in [6, 6.07) is 0. The summed E-state index contributed by atoms with van der Waals surface area (Å²) < 4.78 is 21.6. The quantitative estimate of drug-likeness (QED) is 0.116. The number of thioether (sulfide) groups is 2. The highest BCUT2D eigenvalue weighted by atomic mass is 32.2. The molecule has 1 fully saturated rings. The van der Waals surface area contributed by atoms with Crippen molar-refractivity contribution in [3.63, 3.8) is 0 Å². The van der Waals surface area contributed by atoms with E-state index in [0.29, 0.717) is 23.7 Å². The second-order valence-electron chi connectivity index (χ2n) is 5.47. The van der Waals surface area contributed by atoms with Crippen LogP contribution in [-0.2, 0) is 52.5 Å².